The van der Waals surface area contributed by atoms with E-state index >= 15 is 0 Å². The summed E-state index contributed by atoms with van der Waals surface area (Å²) in [6, 6.07) is 0. The first-order valence-electron chi connectivity index (χ1n) is 6.00. The Morgan fingerprint density at radius 2 is 2.39 bits per heavy atom. The molecule has 2 aromatic rings. The van der Waals surface area contributed by atoms with Crippen LogP contribution in [0.3, 0.4) is 0 Å². The molecule has 0 aliphatic carbocycles. The van der Waals surface area contributed by atoms with E-state index in [0.717, 1.165) is 24.1 Å². The van der Waals surface area contributed by atoms with Crippen molar-refractivity contribution in [2.45, 2.75) is 18.8 Å². The highest BCUT2D eigenvalue weighted by Crippen LogP contribution is 2.28. The molecule has 6 heteroatoms. The fourth-order valence-corrected chi connectivity index (χ4v) is 2.55. The maximum Gasteiger partial charge on any atom is 0.407 e. The number of amides is 1. The predicted octanol–water partition coefficient (Wildman–Crippen LogP) is 1.59. The molecule has 1 fully saturated rings. The second kappa shape index (κ2) is 4.29. The molecule has 3 rings (SSSR count). The summed E-state index contributed by atoms with van der Waals surface area (Å²) in [4.78, 5) is 21.0. The molecular weight excluding hydrogens is 232 g/mol. The molecule has 1 atom stereocenters. The number of fused-ring (bicyclic) bond motifs is 1. The number of piperidine rings is 1. The van der Waals surface area contributed by atoms with Gasteiger partial charge < -0.3 is 14.4 Å². The zero-order valence-corrected chi connectivity index (χ0v) is 9.86. The van der Waals surface area contributed by atoms with Crippen molar-refractivity contribution < 1.29 is 9.90 Å². The quantitative estimate of drug-likeness (QED) is 0.829. The number of hydrogen-bond acceptors (Lipinski definition) is 3. The molecule has 0 aromatic carbocycles. The van der Waals surface area contributed by atoms with Crippen molar-refractivity contribution in [2.75, 3.05) is 13.1 Å². The Labute approximate surface area is 104 Å². The van der Waals surface area contributed by atoms with Gasteiger partial charge in [-0.1, -0.05) is 0 Å². The van der Waals surface area contributed by atoms with Crippen LogP contribution in [0.2, 0.25) is 0 Å². The van der Waals surface area contributed by atoms with Gasteiger partial charge in [0.05, 0.1) is 23.7 Å². The summed E-state index contributed by atoms with van der Waals surface area (Å²) >= 11 is 0. The first-order chi connectivity index (χ1) is 8.75. The maximum absolute atomic E-state index is 11.0. The number of aromatic nitrogens is 3. The first-order valence-corrected chi connectivity index (χ1v) is 6.00. The molecule has 1 aliphatic rings. The molecule has 1 unspecified atom stereocenters. The maximum atomic E-state index is 11.0. The zero-order valence-electron chi connectivity index (χ0n) is 9.86. The molecule has 0 saturated carbocycles. The molecule has 1 amide bonds. The Morgan fingerprint density at radius 3 is 3.22 bits per heavy atom. The van der Waals surface area contributed by atoms with E-state index in [0.29, 0.717) is 13.1 Å². The van der Waals surface area contributed by atoms with Gasteiger partial charge >= 0.3 is 6.09 Å². The van der Waals surface area contributed by atoms with Crippen LogP contribution in [0.4, 0.5) is 4.79 Å². The van der Waals surface area contributed by atoms with Crippen LogP contribution < -0.4 is 0 Å². The molecule has 3 heterocycles. The van der Waals surface area contributed by atoms with Crippen molar-refractivity contribution in [3.05, 3.63) is 30.6 Å². The Bertz CT molecular complexity index is 580. The molecule has 1 aliphatic heterocycles. The molecule has 94 valence electrons. The number of carbonyl (C=O) groups is 1. The van der Waals surface area contributed by atoms with Gasteiger partial charge in [0.15, 0.2) is 0 Å². The van der Waals surface area contributed by atoms with Gasteiger partial charge in [0, 0.05) is 31.4 Å². The lowest BCUT2D eigenvalue weighted by Gasteiger charge is -2.29. The molecule has 0 bridgehead atoms. The number of nitrogens with zero attached hydrogens (tertiary/aromatic N) is 4. The molecule has 1 saturated heterocycles. The van der Waals surface area contributed by atoms with E-state index in [2.05, 4.69) is 9.97 Å². The largest absolute Gasteiger partial charge is 0.465 e. The van der Waals surface area contributed by atoms with Crippen molar-refractivity contribution in [3.63, 3.8) is 0 Å². The highest BCUT2D eigenvalue weighted by Gasteiger charge is 2.26. The van der Waals surface area contributed by atoms with Gasteiger partial charge in [-0.05, 0) is 12.8 Å². The summed E-state index contributed by atoms with van der Waals surface area (Å²) in [6.45, 7) is 1.15. The van der Waals surface area contributed by atoms with Crippen LogP contribution in [-0.2, 0) is 0 Å². The van der Waals surface area contributed by atoms with Crippen LogP contribution in [0.5, 0.6) is 0 Å². The van der Waals surface area contributed by atoms with Gasteiger partial charge in [0.2, 0.25) is 0 Å². The van der Waals surface area contributed by atoms with Crippen molar-refractivity contribution in [1.82, 2.24) is 19.3 Å². The first kappa shape index (κ1) is 11.0. The lowest BCUT2D eigenvalue weighted by atomic mass is 9.94. The summed E-state index contributed by atoms with van der Waals surface area (Å²) in [5.74, 6) is 0.170. The summed E-state index contributed by atoms with van der Waals surface area (Å²) < 4.78 is 1.92. The van der Waals surface area contributed by atoms with Gasteiger partial charge in [-0.25, -0.2) is 9.78 Å². The standard InChI is InChI=1S/C12H14N4O2/c17-12(18)15-4-1-2-9(7-15)11-10-6-13-3-5-16(10)8-14-11/h3,5-6,8-9H,1-2,4,7H2,(H,17,18). The summed E-state index contributed by atoms with van der Waals surface area (Å²) in [6.07, 6.45) is 8.11. The molecule has 0 radical (unpaired) electrons. The fraction of sp³-hybridized carbons (Fsp3) is 0.417. The van der Waals surface area contributed by atoms with Gasteiger partial charge in [-0.3, -0.25) is 4.98 Å². The van der Waals surface area contributed by atoms with Gasteiger partial charge in [0.25, 0.3) is 0 Å². The van der Waals surface area contributed by atoms with E-state index in [-0.39, 0.29) is 5.92 Å². The van der Waals surface area contributed by atoms with Gasteiger partial charge in [-0.2, -0.15) is 0 Å². The van der Waals surface area contributed by atoms with E-state index in [9.17, 15) is 4.79 Å². The SMILES string of the molecule is O=C(O)N1CCCC(c2ncn3ccncc23)C1. The lowest BCUT2D eigenvalue weighted by Crippen LogP contribution is -2.38. The van der Waals surface area contributed by atoms with E-state index in [1.807, 2.05) is 10.6 Å². The third-order valence-electron chi connectivity index (χ3n) is 3.45. The Morgan fingerprint density at radius 1 is 1.50 bits per heavy atom. The molecular formula is C12H14N4O2. The molecule has 1 N–H and O–H groups in total. The second-order valence-electron chi connectivity index (χ2n) is 4.57. The fourth-order valence-electron chi connectivity index (χ4n) is 2.55. The number of carboxylic acid groups (broad SMARTS) is 1. The number of hydrogen-bond donors (Lipinski definition) is 1. The van der Waals surface area contributed by atoms with E-state index in [4.69, 9.17) is 5.11 Å². The summed E-state index contributed by atoms with van der Waals surface area (Å²) in [7, 11) is 0. The number of imidazole rings is 1. The molecule has 6 nitrogen and oxygen atoms in total. The number of likely N-dealkylation sites (tertiary alicyclic amines) is 1. The minimum atomic E-state index is -0.846. The second-order valence-corrected chi connectivity index (χ2v) is 4.57. The topological polar surface area (TPSA) is 70.7 Å². The highest BCUT2D eigenvalue weighted by atomic mass is 16.4. The van der Waals surface area contributed by atoms with E-state index in [1.54, 1.807) is 18.7 Å². The Balaban J connectivity index is 1.92. The Hall–Kier alpha value is -2.11. The number of rotatable bonds is 1. The average Bonchev–Trinajstić information content (AvgIpc) is 2.82. The van der Waals surface area contributed by atoms with Crippen LogP contribution >= 0.6 is 0 Å². The van der Waals surface area contributed by atoms with Crippen molar-refractivity contribution >= 4 is 11.6 Å². The van der Waals surface area contributed by atoms with Crippen molar-refractivity contribution in [3.8, 4) is 0 Å². The monoisotopic (exact) mass is 246 g/mol. The molecule has 18 heavy (non-hydrogen) atoms. The normalized spacial score (nSPS) is 20.2. The lowest BCUT2D eigenvalue weighted by molar-refractivity contribution is 0.130. The van der Waals surface area contributed by atoms with E-state index < -0.39 is 6.09 Å². The Kier molecular flexibility index (Phi) is 2.62. The van der Waals surface area contributed by atoms with E-state index in [1.165, 1.54) is 4.90 Å². The highest BCUT2D eigenvalue weighted by molar-refractivity contribution is 5.65. The van der Waals surface area contributed by atoms with Crippen LogP contribution in [0.1, 0.15) is 24.5 Å². The summed E-state index contributed by atoms with van der Waals surface area (Å²) in [5, 5.41) is 9.05. The third kappa shape index (κ3) is 1.79. The van der Waals surface area contributed by atoms with Gasteiger partial charge in [0.1, 0.15) is 0 Å². The average molecular weight is 246 g/mol. The van der Waals surface area contributed by atoms with Crippen LogP contribution in [-0.4, -0.2) is 43.6 Å². The van der Waals surface area contributed by atoms with Crippen LogP contribution in [0.15, 0.2) is 24.9 Å². The van der Waals surface area contributed by atoms with Crippen molar-refractivity contribution in [1.29, 1.82) is 0 Å². The van der Waals surface area contributed by atoms with Crippen molar-refractivity contribution in [2.24, 2.45) is 0 Å². The van der Waals surface area contributed by atoms with Crippen LogP contribution in [0, 0.1) is 0 Å². The molecule has 0 spiro atoms. The van der Waals surface area contributed by atoms with Crippen LogP contribution in [0.25, 0.3) is 5.52 Å². The minimum absolute atomic E-state index is 0.170. The predicted molar refractivity (Wildman–Crippen MR) is 64.6 cm³/mol. The minimum Gasteiger partial charge on any atom is -0.465 e. The zero-order chi connectivity index (χ0) is 12.5. The molecule has 2 aromatic heterocycles. The smallest absolute Gasteiger partial charge is 0.407 e. The van der Waals surface area contributed by atoms with Gasteiger partial charge in [-0.15, -0.1) is 0 Å². The third-order valence-corrected chi connectivity index (χ3v) is 3.45. The summed E-state index contributed by atoms with van der Waals surface area (Å²) in [5.41, 5.74) is 1.92.